The number of alkyl carbamates (subject to hydrolysis) is 1. The summed E-state index contributed by atoms with van der Waals surface area (Å²) in [5, 5.41) is 12.5. The quantitative estimate of drug-likeness (QED) is 0.863. The van der Waals surface area contributed by atoms with Crippen molar-refractivity contribution in [1.82, 2.24) is 5.32 Å². The maximum absolute atomic E-state index is 12.3. The van der Waals surface area contributed by atoms with Crippen molar-refractivity contribution in [2.24, 2.45) is 0 Å². The van der Waals surface area contributed by atoms with Crippen molar-refractivity contribution in [3.8, 4) is 0 Å². The van der Waals surface area contributed by atoms with Crippen LogP contribution < -0.4 is 5.32 Å². The van der Waals surface area contributed by atoms with E-state index in [0.29, 0.717) is 0 Å². The topological polar surface area (TPSA) is 75.6 Å². The van der Waals surface area contributed by atoms with Crippen molar-refractivity contribution < 1.29 is 19.4 Å². The van der Waals surface area contributed by atoms with Gasteiger partial charge >= 0.3 is 12.1 Å². The Kier molecular flexibility index (Phi) is 5.22. The molecule has 0 unspecified atom stereocenters. The summed E-state index contributed by atoms with van der Waals surface area (Å²) >= 11 is 0. The predicted octanol–water partition coefficient (Wildman–Crippen LogP) is 3.90. The fourth-order valence-corrected chi connectivity index (χ4v) is 3.65. The molecule has 3 rings (SSSR count). The van der Waals surface area contributed by atoms with E-state index in [4.69, 9.17) is 4.74 Å². The van der Waals surface area contributed by atoms with Crippen LogP contribution in [-0.2, 0) is 22.4 Å². The van der Waals surface area contributed by atoms with E-state index in [9.17, 15) is 14.7 Å². The maximum atomic E-state index is 12.3. The first kappa shape index (κ1) is 19.0. The second kappa shape index (κ2) is 7.43. The van der Waals surface area contributed by atoms with Crippen LogP contribution in [0.5, 0.6) is 0 Å². The highest BCUT2D eigenvalue weighted by Gasteiger charge is 2.36. The van der Waals surface area contributed by atoms with Gasteiger partial charge in [0.1, 0.15) is 11.6 Å². The zero-order valence-corrected chi connectivity index (χ0v) is 15.9. The molecule has 0 fully saturated rings. The third-order valence-corrected chi connectivity index (χ3v) is 4.72. The molecule has 2 aromatic carbocycles. The fourth-order valence-electron chi connectivity index (χ4n) is 3.65. The molecule has 1 aliphatic rings. The van der Waals surface area contributed by atoms with Crippen molar-refractivity contribution in [2.45, 2.75) is 51.2 Å². The summed E-state index contributed by atoms with van der Waals surface area (Å²) in [6.07, 6.45) is 0.944. The van der Waals surface area contributed by atoms with Crippen molar-refractivity contribution in [1.29, 1.82) is 0 Å². The Morgan fingerprint density at radius 1 is 1.00 bits per heavy atom. The lowest BCUT2D eigenvalue weighted by Gasteiger charge is -2.28. The molecule has 0 aromatic heterocycles. The fraction of sp³-hybridized carbons (Fsp3) is 0.364. The lowest BCUT2D eigenvalue weighted by molar-refractivity contribution is -0.139. The number of carboxylic acid groups (broad SMARTS) is 1. The summed E-state index contributed by atoms with van der Waals surface area (Å²) < 4.78 is 5.30. The number of aryl methyl sites for hydroxylation is 2. The molecule has 142 valence electrons. The first-order chi connectivity index (χ1) is 12.8. The second-order valence-electron chi connectivity index (χ2n) is 7.84. The molecule has 2 N–H and O–H groups in total. The highest BCUT2D eigenvalue weighted by atomic mass is 16.6. The molecular formula is C22H25NO4. The number of fused-ring (bicyclic) bond motifs is 2. The lowest BCUT2D eigenvalue weighted by atomic mass is 9.82. The third kappa shape index (κ3) is 4.30. The number of amides is 1. The summed E-state index contributed by atoms with van der Waals surface area (Å²) in [6, 6.07) is 14.6. The monoisotopic (exact) mass is 367 g/mol. The number of carbonyl (C=O) groups excluding carboxylic acids is 1. The number of hydrogen-bond donors (Lipinski definition) is 2. The standard InChI is InChI=1S/C22H25NO4/c1-22(2,3)27-21(26)23-19(20(24)25)18-16-10-6-4-8-14(16)12-13-15-9-5-7-11-17(15)18/h4-11,18-19H,12-13H2,1-3H3,(H,23,26)(H,24,25)/t19-/m1/s1. The van der Waals surface area contributed by atoms with Crippen LogP contribution in [-0.4, -0.2) is 28.8 Å². The van der Waals surface area contributed by atoms with Crippen LogP contribution in [0.3, 0.4) is 0 Å². The molecule has 0 aliphatic heterocycles. The van der Waals surface area contributed by atoms with E-state index in [2.05, 4.69) is 5.32 Å². The molecule has 0 heterocycles. The van der Waals surface area contributed by atoms with E-state index in [1.165, 1.54) is 0 Å². The van der Waals surface area contributed by atoms with Gasteiger partial charge in [0, 0.05) is 5.92 Å². The van der Waals surface area contributed by atoms with Crippen LogP contribution >= 0.6 is 0 Å². The van der Waals surface area contributed by atoms with E-state index in [1.807, 2.05) is 48.5 Å². The summed E-state index contributed by atoms with van der Waals surface area (Å²) in [7, 11) is 0. The number of nitrogens with one attached hydrogen (secondary N) is 1. The molecule has 0 radical (unpaired) electrons. The van der Waals surface area contributed by atoms with Gasteiger partial charge in [0.15, 0.2) is 0 Å². The largest absolute Gasteiger partial charge is 0.480 e. The SMILES string of the molecule is CC(C)(C)OC(=O)N[C@@H](C(=O)O)C1c2ccccc2CCc2ccccc21. The average molecular weight is 367 g/mol. The van der Waals surface area contributed by atoms with Crippen LogP contribution in [0.25, 0.3) is 0 Å². The van der Waals surface area contributed by atoms with Crippen molar-refractivity contribution in [3.05, 3.63) is 70.8 Å². The molecule has 27 heavy (non-hydrogen) atoms. The van der Waals surface area contributed by atoms with Gasteiger partial charge in [0.25, 0.3) is 0 Å². The number of carbonyl (C=O) groups is 2. The summed E-state index contributed by atoms with van der Waals surface area (Å²) in [5.41, 5.74) is 3.38. The van der Waals surface area contributed by atoms with Crippen LogP contribution in [0.15, 0.2) is 48.5 Å². The van der Waals surface area contributed by atoms with Gasteiger partial charge in [-0.25, -0.2) is 9.59 Å². The highest BCUT2D eigenvalue weighted by Crippen LogP contribution is 2.36. The van der Waals surface area contributed by atoms with Gasteiger partial charge in [-0.3, -0.25) is 0 Å². The molecule has 1 atom stereocenters. The van der Waals surface area contributed by atoms with E-state index >= 15 is 0 Å². The zero-order chi connectivity index (χ0) is 19.6. The number of aliphatic carboxylic acids is 1. The van der Waals surface area contributed by atoms with Gasteiger partial charge in [-0.2, -0.15) is 0 Å². The van der Waals surface area contributed by atoms with Crippen LogP contribution in [0.4, 0.5) is 4.79 Å². The minimum absolute atomic E-state index is 0.482. The van der Waals surface area contributed by atoms with E-state index in [1.54, 1.807) is 20.8 Å². The van der Waals surface area contributed by atoms with Gasteiger partial charge < -0.3 is 15.2 Å². The smallest absolute Gasteiger partial charge is 0.408 e. The molecule has 1 amide bonds. The van der Waals surface area contributed by atoms with Gasteiger partial charge in [-0.1, -0.05) is 48.5 Å². The first-order valence-electron chi connectivity index (χ1n) is 9.14. The summed E-state index contributed by atoms with van der Waals surface area (Å²) in [6.45, 7) is 5.25. The number of rotatable bonds is 3. The Hall–Kier alpha value is -2.82. The molecule has 0 saturated heterocycles. The molecule has 0 saturated carbocycles. The number of benzene rings is 2. The molecular weight excluding hydrogens is 342 g/mol. The Labute approximate surface area is 159 Å². The highest BCUT2D eigenvalue weighted by molar-refractivity contribution is 5.82. The molecule has 0 bridgehead atoms. The molecule has 5 heteroatoms. The normalized spacial score (nSPS) is 15.1. The Balaban J connectivity index is 2.06. The molecule has 2 aromatic rings. The van der Waals surface area contributed by atoms with Gasteiger partial charge in [0.2, 0.25) is 0 Å². The number of ether oxygens (including phenoxy) is 1. The van der Waals surface area contributed by atoms with E-state index in [-0.39, 0.29) is 0 Å². The summed E-state index contributed by atoms with van der Waals surface area (Å²) in [4.78, 5) is 24.5. The minimum atomic E-state index is -1.12. The third-order valence-electron chi connectivity index (χ3n) is 4.72. The van der Waals surface area contributed by atoms with Gasteiger partial charge in [-0.05, 0) is 55.9 Å². The molecule has 1 aliphatic carbocycles. The lowest BCUT2D eigenvalue weighted by Crippen LogP contribution is -2.47. The Bertz CT molecular complexity index is 806. The van der Waals surface area contributed by atoms with Crippen LogP contribution in [0.2, 0.25) is 0 Å². The molecule has 5 nitrogen and oxygen atoms in total. The van der Waals surface area contributed by atoms with Gasteiger partial charge in [0.05, 0.1) is 0 Å². The number of carboxylic acids is 1. The van der Waals surface area contributed by atoms with Crippen molar-refractivity contribution in [3.63, 3.8) is 0 Å². The Morgan fingerprint density at radius 2 is 1.48 bits per heavy atom. The van der Waals surface area contributed by atoms with Crippen molar-refractivity contribution in [2.75, 3.05) is 0 Å². The second-order valence-corrected chi connectivity index (χ2v) is 7.84. The molecule has 0 spiro atoms. The minimum Gasteiger partial charge on any atom is -0.480 e. The predicted molar refractivity (Wildman–Crippen MR) is 103 cm³/mol. The van der Waals surface area contributed by atoms with Crippen molar-refractivity contribution >= 4 is 12.1 Å². The zero-order valence-electron chi connectivity index (χ0n) is 15.9. The van der Waals surface area contributed by atoms with E-state index in [0.717, 1.165) is 35.1 Å². The maximum Gasteiger partial charge on any atom is 0.408 e. The van der Waals surface area contributed by atoms with Gasteiger partial charge in [-0.15, -0.1) is 0 Å². The first-order valence-corrected chi connectivity index (χ1v) is 9.14. The summed E-state index contributed by atoms with van der Waals surface area (Å²) in [5.74, 6) is -1.57. The van der Waals surface area contributed by atoms with E-state index < -0.39 is 29.6 Å². The van der Waals surface area contributed by atoms with Crippen LogP contribution in [0.1, 0.15) is 48.9 Å². The average Bonchev–Trinajstić information content (AvgIpc) is 2.75. The number of hydrogen-bond acceptors (Lipinski definition) is 3. The Morgan fingerprint density at radius 3 is 1.93 bits per heavy atom. The van der Waals surface area contributed by atoms with Crippen LogP contribution in [0, 0.1) is 0 Å².